The summed E-state index contributed by atoms with van der Waals surface area (Å²) in [4.78, 5) is 27.7. The zero-order chi connectivity index (χ0) is 27.2. The second kappa shape index (κ2) is 12.2. The molecule has 0 radical (unpaired) electrons. The van der Waals surface area contributed by atoms with E-state index in [2.05, 4.69) is 21.2 Å². The van der Waals surface area contributed by atoms with Crippen molar-refractivity contribution < 1.29 is 22.7 Å². The number of nitrogens with zero attached hydrogens (tertiary/aromatic N) is 2. The number of rotatable bonds is 10. The summed E-state index contributed by atoms with van der Waals surface area (Å²) in [5.74, 6) is -0.231. The third-order valence-corrected chi connectivity index (χ3v) is 8.19. The zero-order valence-corrected chi connectivity index (χ0v) is 23.5. The average Bonchev–Trinajstić information content (AvgIpc) is 2.89. The summed E-state index contributed by atoms with van der Waals surface area (Å²) in [5, 5.41) is 2.57. The van der Waals surface area contributed by atoms with E-state index in [0.29, 0.717) is 15.9 Å². The number of methoxy groups -OCH3 is 1. The number of likely N-dealkylation sites (N-methyl/N-ethyl adjacent to an activating group) is 1. The maximum Gasteiger partial charge on any atom is 0.264 e. The van der Waals surface area contributed by atoms with Crippen molar-refractivity contribution in [3.05, 3.63) is 88.4 Å². The van der Waals surface area contributed by atoms with Crippen LogP contribution >= 0.6 is 15.9 Å². The largest absolute Gasteiger partial charge is 0.497 e. The molecule has 0 spiro atoms. The van der Waals surface area contributed by atoms with E-state index in [4.69, 9.17) is 4.74 Å². The lowest BCUT2D eigenvalue weighted by Crippen LogP contribution is -2.50. The minimum absolute atomic E-state index is 0.0620. The van der Waals surface area contributed by atoms with E-state index >= 15 is 0 Å². The number of benzene rings is 3. The Morgan fingerprint density at radius 3 is 2.24 bits per heavy atom. The van der Waals surface area contributed by atoms with E-state index in [0.717, 1.165) is 15.4 Å². The fourth-order valence-electron chi connectivity index (χ4n) is 3.72. The number of aryl methyl sites for hydroxylation is 1. The van der Waals surface area contributed by atoms with Gasteiger partial charge in [0.1, 0.15) is 18.3 Å². The Labute approximate surface area is 226 Å². The number of anilines is 1. The highest BCUT2D eigenvalue weighted by Crippen LogP contribution is 2.27. The molecule has 10 heteroatoms. The average molecular weight is 589 g/mol. The molecule has 0 aromatic heterocycles. The standard InChI is InChI=1S/C27H30BrN3O5S/c1-19-8-14-25(15-9-19)37(34,35)31(23-7-5-6-22(28)16-23)18-26(32)30(20(2)27(33)29-3)17-21-10-12-24(36-4)13-11-21/h5-16,20H,17-18H2,1-4H3,(H,29,33)/t20-/m0/s1. The lowest BCUT2D eigenvalue weighted by molar-refractivity contribution is -0.139. The van der Waals surface area contributed by atoms with Crippen LogP contribution < -0.4 is 14.4 Å². The van der Waals surface area contributed by atoms with Crippen molar-refractivity contribution in [3.63, 3.8) is 0 Å². The highest BCUT2D eigenvalue weighted by atomic mass is 79.9. The van der Waals surface area contributed by atoms with Gasteiger partial charge in [0.2, 0.25) is 11.8 Å². The van der Waals surface area contributed by atoms with Crippen molar-refractivity contribution in [2.45, 2.75) is 31.3 Å². The van der Waals surface area contributed by atoms with Gasteiger partial charge in [-0.1, -0.05) is 51.8 Å². The molecule has 2 amide bonds. The molecular formula is C27H30BrN3O5S. The first-order valence-electron chi connectivity index (χ1n) is 11.6. The van der Waals surface area contributed by atoms with Gasteiger partial charge in [-0.15, -0.1) is 0 Å². The molecule has 8 nitrogen and oxygen atoms in total. The number of hydrogen-bond donors (Lipinski definition) is 1. The molecular weight excluding hydrogens is 558 g/mol. The summed E-state index contributed by atoms with van der Waals surface area (Å²) in [6.07, 6.45) is 0. The maximum absolute atomic E-state index is 13.7. The van der Waals surface area contributed by atoms with Crippen LogP contribution in [0.1, 0.15) is 18.1 Å². The van der Waals surface area contributed by atoms with E-state index in [1.165, 1.54) is 24.1 Å². The molecule has 1 N–H and O–H groups in total. The highest BCUT2D eigenvalue weighted by Gasteiger charge is 2.32. The van der Waals surface area contributed by atoms with Gasteiger partial charge in [0.15, 0.2) is 0 Å². The molecule has 3 aromatic carbocycles. The molecule has 0 unspecified atom stereocenters. The molecule has 0 aliphatic carbocycles. The van der Waals surface area contributed by atoms with Crippen molar-refractivity contribution in [3.8, 4) is 5.75 Å². The molecule has 1 atom stereocenters. The zero-order valence-electron chi connectivity index (χ0n) is 21.1. The maximum atomic E-state index is 13.7. The fraction of sp³-hybridized carbons (Fsp3) is 0.259. The van der Waals surface area contributed by atoms with Gasteiger partial charge in [-0.05, 0) is 61.9 Å². The minimum atomic E-state index is -4.10. The second-order valence-electron chi connectivity index (χ2n) is 8.46. The van der Waals surface area contributed by atoms with Gasteiger partial charge >= 0.3 is 0 Å². The molecule has 3 rings (SSSR count). The van der Waals surface area contributed by atoms with Gasteiger partial charge in [0, 0.05) is 18.1 Å². The van der Waals surface area contributed by atoms with Crippen molar-refractivity contribution in [2.24, 2.45) is 0 Å². The van der Waals surface area contributed by atoms with Gasteiger partial charge in [-0.3, -0.25) is 13.9 Å². The number of ether oxygens (including phenoxy) is 1. The molecule has 37 heavy (non-hydrogen) atoms. The molecule has 0 saturated heterocycles. The van der Waals surface area contributed by atoms with Crippen LogP contribution in [0.2, 0.25) is 0 Å². The molecule has 0 heterocycles. The topological polar surface area (TPSA) is 96.0 Å². The van der Waals surface area contributed by atoms with Crippen LogP contribution in [0.3, 0.4) is 0 Å². The Morgan fingerprint density at radius 1 is 1.03 bits per heavy atom. The van der Waals surface area contributed by atoms with E-state index in [1.54, 1.807) is 74.7 Å². The molecule has 0 bridgehead atoms. The summed E-state index contributed by atoms with van der Waals surface area (Å²) < 4.78 is 34.4. The third-order valence-electron chi connectivity index (χ3n) is 5.91. The second-order valence-corrected chi connectivity index (χ2v) is 11.2. The summed E-state index contributed by atoms with van der Waals surface area (Å²) in [6, 6.07) is 19.4. The van der Waals surface area contributed by atoms with Crippen molar-refractivity contribution >= 4 is 43.5 Å². The summed E-state index contributed by atoms with van der Waals surface area (Å²) in [6.45, 7) is 3.08. The third kappa shape index (κ3) is 6.90. The smallest absolute Gasteiger partial charge is 0.264 e. The van der Waals surface area contributed by atoms with Gasteiger partial charge in [0.25, 0.3) is 10.0 Å². The van der Waals surface area contributed by atoms with Crippen LogP contribution in [0.15, 0.2) is 82.2 Å². The first kappa shape index (κ1) is 28.2. The van der Waals surface area contributed by atoms with E-state index in [1.807, 2.05) is 6.92 Å². The van der Waals surface area contributed by atoms with Crippen molar-refractivity contribution in [1.29, 1.82) is 0 Å². The first-order valence-corrected chi connectivity index (χ1v) is 13.8. The quantitative estimate of drug-likeness (QED) is 0.385. The van der Waals surface area contributed by atoms with E-state index < -0.39 is 28.5 Å². The summed E-state index contributed by atoms with van der Waals surface area (Å²) in [7, 11) is -1.05. The first-order chi connectivity index (χ1) is 17.6. The number of carbonyl (C=O) groups is 2. The summed E-state index contributed by atoms with van der Waals surface area (Å²) >= 11 is 3.39. The molecule has 0 fully saturated rings. The van der Waals surface area contributed by atoms with Crippen LogP contribution in [-0.2, 0) is 26.2 Å². The highest BCUT2D eigenvalue weighted by molar-refractivity contribution is 9.10. The SMILES string of the molecule is CNC(=O)[C@H](C)N(Cc1ccc(OC)cc1)C(=O)CN(c1cccc(Br)c1)S(=O)(=O)c1ccc(C)cc1. The lowest BCUT2D eigenvalue weighted by Gasteiger charge is -2.31. The van der Waals surface area contributed by atoms with Crippen molar-refractivity contribution in [2.75, 3.05) is 25.0 Å². The van der Waals surface area contributed by atoms with Crippen LogP contribution in [0, 0.1) is 6.92 Å². The molecule has 0 aliphatic rings. The predicted octanol–water partition coefficient (Wildman–Crippen LogP) is 4.12. The Balaban J connectivity index is 2.01. The Kier molecular flexibility index (Phi) is 9.34. The summed E-state index contributed by atoms with van der Waals surface area (Å²) in [5.41, 5.74) is 2.00. The Hall–Kier alpha value is -3.37. The Bertz CT molecular complexity index is 1350. The normalized spacial score (nSPS) is 11.9. The van der Waals surface area contributed by atoms with E-state index in [-0.39, 0.29) is 17.3 Å². The number of halogens is 1. The van der Waals surface area contributed by atoms with Gasteiger partial charge in [0.05, 0.1) is 17.7 Å². The van der Waals surface area contributed by atoms with Crippen LogP contribution in [0.4, 0.5) is 5.69 Å². The molecule has 0 aliphatic heterocycles. The number of nitrogens with one attached hydrogen (secondary N) is 1. The number of carbonyl (C=O) groups excluding carboxylic acids is 2. The lowest BCUT2D eigenvalue weighted by atomic mass is 10.1. The minimum Gasteiger partial charge on any atom is -0.497 e. The van der Waals surface area contributed by atoms with Crippen molar-refractivity contribution in [1.82, 2.24) is 10.2 Å². The number of amides is 2. The van der Waals surface area contributed by atoms with Crippen LogP contribution in [0.25, 0.3) is 0 Å². The van der Waals surface area contributed by atoms with Gasteiger partial charge in [-0.25, -0.2) is 8.42 Å². The fourth-order valence-corrected chi connectivity index (χ4v) is 5.51. The van der Waals surface area contributed by atoms with Gasteiger partial charge in [-0.2, -0.15) is 0 Å². The van der Waals surface area contributed by atoms with Crippen LogP contribution in [0.5, 0.6) is 5.75 Å². The molecule has 3 aromatic rings. The predicted molar refractivity (Wildman–Crippen MR) is 147 cm³/mol. The number of sulfonamides is 1. The van der Waals surface area contributed by atoms with Crippen LogP contribution in [-0.4, -0.2) is 51.9 Å². The molecule has 0 saturated carbocycles. The molecule has 196 valence electrons. The number of hydrogen-bond acceptors (Lipinski definition) is 5. The monoisotopic (exact) mass is 587 g/mol. The van der Waals surface area contributed by atoms with Gasteiger partial charge < -0.3 is 15.0 Å². The Morgan fingerprint density at radius 2 is 1.68 bits per heavy atom. The van der Waals surface area contributed by atoms with E-state index in [9.17, 15) is 18.0 Å².